The molecule has 0 saturated heterocycles. The third-order valence-corrected chi connectivity index (χ3v) is 6.78. The molecule has 0 unspecified atom stereocenters. The molecule has 33 heavy (non-hydrogen) atoms. The van der Waals surface area contributed by atoms with Gasteiger partial charge in [-0.3, -0.25) is 18.6 Å². The molecule has 0 spiro atoms. The molecule has 0 aliphatic carbocycles. The zero-order valence-electron chi connectivity index (χ0n) is 18.7. The van der Waals surface area contributed by atoms with Gasteiger partial charge in [-0.15, -0.1) is 11.3 Å². The van der Waals surface area contributed by atoms with Gasteiger partial charge < -0.3 is 4.57 Å². The van der Waals surface area contributed by atoms with Crippen LogP contribution in [0, 0.1) is 11.7 Å². The maximum absolute atomic E-state index is 14.0. The highest BCUT2D eigenvalue weighted by Gasteiger charge is 2.24. The number of halogens is 1. The van der Waals surface area contributed by atoms with Crippen molar-refractivity contribution in [3.05, 3.63) is 68.3 Å². The molecule has 0 fully saturated rings. The molecule has 0 radical (unpaired) electrons. The smallest absolute Gasteiger partial charge is 0.332 e. The average molecular weight is 467 g/mol. The second kappa shape index (κ2) is 7.80. The van der Waals surface area contributed by atoms with E-state index < -0.39 is 11.2 Å². The Bertz CT molecular complexity index is 1630. The van der Waals surface area contributed by atoms with Crippen molar-refractivity contribution in [1.82, 2.24) is 28.5 Å². The fraction of sp³-hybridized carbons (Fsp3) is 0.304. The lowest BCUT2D eigenvalue weighted by molar-refractivity contribution is 0.498. The Labute approximate surface area is 192 Å². The maximum atomic E-state index is 14.0. The van der Waals surface area contributed by atoms with Crippen LogP contribution in [0.3, 0.4) is 0 Å². The van der Waals surface area contributed by atoms with Crippen molar-refractivity contribution in [1.29, 1.82) is 0 Å². The van der Waals surface area contributed by atoms with Crippen LogP contribution in [0.2, 0.25) is 0 Å². The van der Waals surface area contributed by atoms with Crippen molar-refractivity contribution >= 4 is 32.5 Å². The fourth-order valence-electron chi connectivity index (χ4n) is 4.19. The zero-order chi connectivity index (χ0) is 23.4. The fourth-order valence-corrected chi connectivity index (χ4v) is 5.12. The number of nitrogens with zero attached hydrogens (tertiary/aromatic N) is 6. The van der Waals surface area contributed by atoms with Gasteiger partial charge in [0.25, 0.3) is 5.56 Å². The third-order valence-electron chi connectivity index (χ3n) is 5.77. The van der Waals surface area contributed by atoms with E-state index in [9.17, 15) is 14.0 Å². The van der Waals surface area contributed by atoms with Crippen molar-refractivity contribution in [2.24, 2.45) is 20.0 Å². The summed E-state index contributed by atoms with van der Waals surface area (Å²) < 4.78 is 21.2. The summed E-state index contributed by atoms with van der Waals surface area (Å²) in [5, 5.41) is 7.92. The highest BCUT2D eigenvalue weighted by Crippen LogP contribution is 2.31. The summed E-state index contributed by atoms with van der Waals surface area (Å²) in [6.45, 7) is 4.76. The predicted octanol–water partition coefficient (Wildman–Crippen LogP) is 3.36. The van der Waals surface area contributed by atoms with Gasteiger partial charge in [0.05, 0.1) is 24.8 Å². The third kappa shape index (κ3) is 3.41. The first kappa shape index (κ1) is 21.3. The van der Waals surface area contributed by atoms with E-state index >= 15 is 0 Å². The molecule has 0 atom stereocenters. The molecule has 4 heterocycles. The van der Waals surface area contributed by atoms with Crippen LogP contribution >= 0.6 is 11.3 Å². The van der Waals surface area contributed by atoms with Gasteiger partial charge in [-0.1, -0.05) is 13.8 Å². The molecule has 1 aromatic carbocycles. The normalized spacial score (nSPS) is 11.9. The average Bonchev–Trinajstić information content (AvgIpc) is 3.47. The van der Waals surface area contributed by atoms with Gasteiger partial charge in [-0.05, 0) is 35.1 Å². The van der Waals surface area contributed by atoms with E-state index in [0.717, 1.165) is 20.2 Å². The van der Waals surface area contributed by atoms with Gasteiger partial charge in [0, 0.05) is 30.7 Å². The number of hydrogen-bond donors (Lipinski definition) is 0. The van der Waals surface area contributed by atoms with Crippen LogP contribution in [0.15, 0.2) is 45.7 Å². The Balaban J connectivity index is 1.84. The van der Waals surface area contributed by atoms with E-state index in [1.807, 2.05) is 30.8 Å². The van der Waals surface area contributed by atoms with Gasteiger partial charge in [0.2, 0.25) is 0 Å². The topological polar surface area (TPSA) is 79.6 Å². The first-order valence-corrected chi connectivity index (χ1v) is 11.5. The number of aryl methyl sites for hydroxylation is 1. The van der Waals surface area contributed by atoms with Crippen molar-refractivity contribution in [2.45, 2.75) is 26.9 Å². The number of fused-ring (bicyclic) bond motifs is 2. The molecule has 8 nitrogen and oxygen atoms in total. The second-order valence-electron chi connectivity index (χ2n) is 8.65. The lowest BCUT2D eigenvalue weighted by atomic mass is 10.1. The van der Waals surface area contributed by atoms with Crippen LogP contribution in [-0.4, -0.2) is 28.5 Å². The summed E-state index contributed by atoms with van der Waals surface area (Å²) in [6, 6.07) is 4.72. The van der Waals surface area contributed by atoms with Crippen LogP contribution in [0.5, 0.6) is 0 Å². The minimum atomic E-state index is -0.404. The number of imidazole rings is 1. The Morgan fingerprint density at radius 3 is 2.67 bits per heavy atom. The van der Waals surface area contributed by atoms with Crippen LogP contribution in [0.4, 0.5) is 4.39 Å². The Morgan fingerprint density at radius 2 is 1.97 bits per heavy atom. The molecule has 10 heteroatoms. The van der Waals surface area contributed by atoms with Crippen molar-refractivity contribution < 1.29 is 4.39 Å². The highest BCUT2D eigenvalue weighted by atomic mass is 32.1. The first-order valence-electron chi connectivity index (χ1n) is 10.6. The van der Waals surface area contributed by atoms with Crippen LogP contribution < -0.4 is 11.2 Å². The molecular formula is C23H23FN6O2S. The summed E-state index contributed by atoms with van der Waals surface area (Å²) >= 11 is 1.53. The zero-order valence-corrected chi connectivity index (χ0v) is 19.6. The van der Waals surface area contributed by atoms with Crippen LogP contribution in [-0.2, 0) is 27.2 Å². The minimum Gasteiger partial charge on any atom is -0.332 e. The van der Waals surface area contributed by atoms with Crippen molar-refractivity contribution in [3.63, 3.8) is 0 Å². The second-order valence-corrected chi connectivity index (χ2v) is 9.56. The quantitative estimate of drug-likeness (QED) is 0.398. The Hall–Kier alpha value is -3.53. The van der Waals surface area contributed by atoms with E-state index in [4.69, 9.17) is 5.10 Å². The summed E-state index contributed by atoms with van der Waals surface area (Å²) in [4.78, 5) is 30.5. The lowest BCUT2D eigenvalue weighted by Crippen LogP contribution is -2.38. The van der Waals surface area contributed by atoms with E-state index in [1.165, 1.54) is 30.5 Å². The number of rotatable bonds is 5. The number of aromatic nitrogens is 6. The molecule has 0 aliphatic rings. The van der Waals surface area contributed by atoms with E-state index in [0.29, 0.717) is 35.5 Å². The maximum Gasteiger partial charge on any atom is 0.332 e. The molecular weight excluding hydrogens is 443 g/mol. The van der Waals surface area contributed by atoms with E-state index in [1.54, 1.807) is 27.8 Å². The predicted molar refractivity (Wildman–Crippen MR) is 127 cm³/mol. The monoisotopic (exact) mass is 466 g/mol. The van der Waals surface area contributed by atoms with Gasteiger partial charge in [0.1, 0.15) is 16.9 Å². The SMILES string of the molecule is CC(C)Cn1c(=O)n(C)c(=O)c2c(-c3cncn3C)n(Cc3csc4ccc(F)cc34)nc21. The largest absolute Gasteiger partial charge is 0.332 e. The van der Waals surface area contributed by atoms with E-state index in [-0.39, 0.29) is 11.7 Å². The molecule has 5 aromatic rings. The number of thiophene rings is 1. The van der Waals surface area contributed by atoms with Crippen LogP contribution in [0.25, 0.3) is 32.5 Å². The van der Waals surface area contributed by atoms with E-state index in [2.05, 4.69) is 4.98 Å². The molecule has 0 aliphatic heterocycles. The van der Waals surface area contributed by atoms with Gasteiger partial charge in [-0.25, -0.2) is 14.2 Å². The number of benzene rings is 1. The molecule has 5 rings (SSSR count). The Morgan fingerprint density at radius 1 is 1.18 bits per heavy atom. The molecule has 0 saturated carbocycles. The molecule has 0 bridgehead atoms. The molecule has 170 valence electrons. The summed E-state index contributed by atoms with van der Waals surface area (Å²) in [5.74, 6) is -0.128. The lowest BCUT2D eigenvalue weighted by Gasteiger charge is -2.11. The van der Waals surface area contributed by atoms with Gasteiger partial charge >= 0.3 is 5.69 Å². The van der Waals surface area contributed by atoms with Crippen molar-refractivity contribution in [2.75, 3.05) is 0 Å². The summed E-state index contributed by atoms with van der Waals surface area (Å²) in [6.07, 6.45) is 3.33. The standard InChI is InChI=1S/C23H23FN6O2S/c1-13(2)9-29-21-19(22(31)28(4)23(29)32)20(17-8-25-12-27(17)3)30(26-21)10-14-11-33-18-6-5-15(24)7-16(14)18/h5-8,11-13H,9-10H2,1-4H3. The summed E-state index contributed by atoms with van der Waals surface area (Å²) in [7, 11) is 3.33. The first-order chi connectivity index (χ1) is 15.8. The summed E-state index contributed by atoms with van der Waals surface area (Å²) in [5.41, 5.74) is 1.72. The minimum absolute atomic E-state index is 0.178. The molecule has 0 amide bonds. The number of hydrogen-bond acceptors (Lipinski definition) is 5. The highest BCUT2D eigenvalue weighted by molar-refractivity contribution is 7.17. The molecule has 4 aromatic heterocycles. The van der Waals surface area contributed by atoms with Crippen LogP contribution in [0.1, 0.15) is 19.4 Å². The molecule has 0 N–H and O–H groups in total. The van der Waals surface area contributed by atoms with Gasteiger partial charge in [-0.2, -0.15) is 5.10 Å². The Kier molecular flexibility index (Phi) is 5.04. The van der Waals surface area contributed by atoms with Gasteiger partial charge in [0.15, 0.2) is 5.65 Å². The van der Waals surface area contributed by atoms with Crippen molar-refractivity contribution in [3.8, 4) is 11.4 Å².